The van der Waals surface area contributed by atoms with Crippen LogP contribution in [0.25, 0.3) is 0 Å². The van der Waals surface area contributed by atoms with E-state index in [2.05, 4.69) is 45.5 Å². The molecule has 1 aromatic carbocycles. The third-order valence-corrected chi connectivity index (χ3v) is 5.70. The summed E-state index contributed by atoms with van der Waals surface area (Å²) in [4.78, 5) is 9.15. The van der Waals surface area contributed by atoms with Gasteiger partial charge in [0.05, 0.1) is 12.2 Å². The molecule has 166 valence electrons. The third-order valence-electron chi connectivity index (χ3n) is 5.00. The van der Waals surface area contributed by atoms with E-state index < -0.39 is 0 Å². The summed E-state index contributed by atoms with van der Waals surface area (Å²) >= 11 is 1.88. The van der Waals surface area contributed by atoms with E-state index in [9.17, 15) is 4.39 Å². The van der Waals surface area contributed by atoms with E-state index in [0.29, 0.717) is 12.2 Å². The van der Waals surface area contributed by atoms with E-state index in [1.165, 1.54) is 12.2 Å². The van der Waals surface area contributed by atoms with E-state index in [-0.39, 0.29) is 29.8 Å². The molecule has 2 N–H and O–H groups in total. The Morgan fingerprint density at radius 2 is 1.90 bits per heavy atom. The maximum atomic E-state index is 14.7. The number of likely N-dealkylation sites (N-methyl/N-ethyl adjacent to an activating group) is 1. The molecule has 1 aliphatic heterocycles. The zero-order chi connectivity index (χ0) is 20.2. The van der Waals surface area contributed by atoms with Gasteiger partial charge in [0.2, 0.25) is 0 Å². The Kier molecular flexibility index (Phi) is 13.7. The van der Waals surface area contributed by atoms with Crippen LogP contribution in [0.3, 0.4) is 0 Å². The first-order valence-corrected chi connectivity index (χ1v) is 11.8. The van der Waals surface area contributed by atoms with Gasteiger partial charge in [-0.15, -0.1) is 24.0 Å². The van der Waals surface area contributed by atoms with Crippen molar-refractivity contribution in [3.63, 3.8) is 0 Å². The van der Waals surface area contributed by atoms with Crippen molar-refractivity contribution in [3.05, 3.63) is 29.6 Å². The molecule has 0 amide bonds. The minimum absolute atomic E-state index is 0. The fourth-order valence-electron chi connectivity index (χ4n) is 3.30. The molecule has 0 unspecified atom stereocenters. The molecule has 2 rings (SSSR count). The Hall–Kier alpha value is -0.740. The van der Waals surface area contributed by atoms with Gasteiger partial charge in [-0.1, -0.05) is 13.0 Å². The molecule has 1 aliphatic rings. The second kappa shape index (κ2) is 15.1. The second-order valence-corrected chi connectivity index (χ2v) is 8.01. The number of anilines is 1. The van der Waals surface area contributed by atoms with Crippen molar-refractivity contribution in [2.24, 2.45) is 4.99 Å². The summed E-state index contributed by atoms with van der Waals surface area (Å²) in [6, 6.07) is 5.54. The van der Waals surface area contributed by atoms with Crippen molar-refractivity contribution in [1.29, 1.82) is 0 Å². The minimum atomic E-state index is -0.146. The van der Waals surface area contributed by atoms with Gasteiger partial charge in [0.15, 0.2) is 5.96 Å². The summed E-state index contributed by atoms with van der Waals surface area (Å²) < 4.78 is 14.7. The van der Waals surface area contributed by atoms with Crippen molar-refractivity contribution in [3.8, 4) is 0 Å². The smallest absolute Gasteiger partial charge is 0.191 e. The zero-order valence-corrected chi connectivity index (χ0v) is 21.2. The van der Waals surface area contributed by atoms with Crippen LogP contribution in [0.1, 0.15) is 32.3 Å². The first-order valence-electron chi connectivity index (χ1n) is 10.4. The van der Waals surface area contributed by atoms with Crippen molar-refractivity contribution < 1.29 is 4.39 Å². The highest BCUT2D eigenvalue weighted by Crippen LogP contribution is 2.22. The molecule has 1 fully saturated rings. The Morgan fingerprint density at radius 1 is 1.14 bits per heavy atom. The van der Waals surface area contributed by atoms with Crippen LogP contribution in [0.2, 0.25) is 0 Å². The molecule has 8 heteroatoms. The lowest BCUT2D eigenvalue weighted by Gasteiger charge is -2.35. The van der Waals surface area contributed by atoms with Crippen LogP contribution in [0.15, 0.2) is 23.2 Å². The van der Waals surface area contributed by atoms with Gasteiger partial charge < -0.3 is 20.4 Å². The molecule has 0 bridgehead atoms. The normalized spacial score (nSPS) is 15.2. The van der Waals surface area contributed by atoms with E-state index in [0.717, 1.165) is 63.8 Å². The Balaban J connectivity index is 0.00000420. The summed E-state index contributed by atoms with van der Waals surface area (Å²) in [6.07, 6.45) is 4.46. The predicted octanol–water partition coefficient (Wildman–Crippen LogP) is 3.78. The van der Waals surface area contributed by atoms with Crippen LogP contribution >= 0.6 is 35.7 Å². The number of hydrogen-bond acceptors (Lipinski definition) is 4. The topological polar surface area (TPSA) is 42.9 Å². The number of piperazine rings is 1. The van der Waals surface area contributed by atoms with Crippen molar-refractivity contribution in [1.82, 2.24) is 15.5 Å². The highest BCUT2D eigenvalue weighted by atomic mass is 127. The minimum Gasteiger partial charge on any atom is -0.367 e. The monoisotopic (exact) mass is 537 g/mol. The molecule has 29 heavy (non-hydrogen) atoms. The molecule has 1 heterocycles. The third kappa shape index (κ3) is 9.29. The number of guanidine groups is 1. The fraction of sp³-hybridized carbons (Fsp3) is 0.667. The van der Waals surface area contributed by atoms with E-state index in [4.69, 9.17) is 0 Å². The van der Waals surface area contributed by atoms with E-state index >= 15 is 0 Å². The lowest BCUT2D eigenvalue weighted by Crippen LogP contribution is -2.46. The molecule has 5 nitrogen and oxygen atoms in total. The number of aliphatic imine (C=N–C) groups is 1. The lowest BCUT2D eigenvalue weighted by molar-refractivity contribution is 0.270. The molecule has 0 aromatic heterocycles. The van der Waals surface area contributed by atoms with Gasteiger partial charge in [0.25, 0.3) is 0 Å². The van der Waals surface area contributed by atoms with Crippen LogP contribution in [0.5, 0.6) is 0 Å². The molecule has 1 aromatic rings. The van der Waals surface area contributed by atoms with Crippen LogP contribution in [0.4, 0.5) is 10.1 Å². The number of halogens is 2. The van der Waals surface area contributed by atoms with Gasteiger partial charge in [0.1, 0.15) is 5.82 Å². The summed E-state index contributed by atoms with van der Waals surface area (Å²) in [5.74, 6) is 1.84. The standard InChI is InChI=1S/C21H36FN5S.HI/c1-4-23-21(24-10-6-7-15-28-3)25-17-18-8-9-20(19(22)16-18)27-13-11-26(5-2)12-14-27;/h8-9,16H,4-7,10-15,17H2,1-3H3,(H2,23,24,25);1H. The van der Waals surface area contributed by atoms with Crippen LogP contribution in [-0.2, 0) is 6.54 Å². The first-order chi connectivity index (χ1) is 13.7. The first kappa shape index (κ1) is 26.3. The SMILES string of the molecule is CCNC(=NCc1ccc(N2CCN(CC)CC2)c(F)c1)NCCCCSC.I. The van der Waals surface area contributed by atoms with Crippen molar-refractivity contribution in [2.45, 2.75) is 33.2 Å². The molecule has 0 saturated carbocycles. The molecule has 0 radical (unpaired) electrons. The summed E-state index contributed by atoms with van der Waals surface area (Å²) in [6.45, 7) is 11.2. The van der Waals surface area contributed by atoms with Gasteiger partial charge in [-0.3, -0.25) is 0 Å². The maximum absolute atomic E-state index is 14.7. The highest BCUT2D eigenvalue weighted by molar-refractivity contribution is 14.0. The zero-order valence-electron chi connectivity index (χ0n) is 18.0. The second-order valence-electron chi connectivity index (χ2n) is 7.03. The Bertz CT molecular complexity index is 609. The molecule has 0 aliphatic carbocycles. The summed E-state index contributed by atoms with van der Waals surface area (Å²) in [5.41, 5.74) is 1.61. The Morgan fingerprint density at radius 3 is 2.52 bits per heavy atom. The summed E-state index contributed by atoms with van der Waals surface area (Å²) in [7, 11) is 0. The van der Waals surface area contributed by atoms with E-state index in [1.54, 1.807) is 6.07 Å². The van der Waals surface area contributed by atoms with Crippen LogP contribution in [-0.4, -0.2) is 68.7 Å². The number of rotatable bonds is 10. The van der Waals surface area contributed by atoms with Gasteiger partial charge in [-0.05, 0) is 56.0 Å². The quantitative estimate of drug-likeness (QED) is 0.206. The Labute approximate surface area is 197 Å². The summed E-state index contributed by atoms with van der Waals surface area (Å²) in [5, 5.41) is 6.62. The average Bonchev–Trinajstić information content (AvgIpc) is 2.72. The van der Waals surface area contributed by atoms with Gasteiger partial charge in [-0.25, -0.2) is 9.38 Å². The highest BCUT2D eigenvalue weighted by Gasteiger charge is 2.18. The average molecular weight is 538 g/mol. The number of thioether (sulfide) groups is 1. The lowest BCUT2D eigenvalue weighted by atomic mass is 10.1. The van der Waals surface area contributed by atoms with E-state index in [1.807, 2.05) is 23.9 Å². The molecular formula is C21H37FIN5S. The number of nitrogens with zero attached hydrogens (tertiary/aromatic N) is 3. The number of hydrogen-bond donors (Lipinski definition) is 2. The predicted molar refractivity (Wildman–Crippen MR) is 137 cm³/mol. The molecule has 0 spiro atoms. The van der Waals surface area contributed by atoms with Gasteiger partial charge in [0, 0.05) is 39.3 Å². The van der Waals surface area contributed by atoms with Crippen LogP contribution < -0.4 is 15.5 Å². The van der Waals surface area contributed by atoms with Gasteiger partial charge in [-0.2, -0.15) is 11.8 Å². The number of nitrogens with one attached hydrogen (secondary N) is 2. The number of benzene rings is 1. The molecule has 0 atom stereocenters. The maximum Gasteiger partial charge on any atom is 0.191 e. The molecule has 1 saturated heterocycles. The van der Waals surface area contributed by atoms with Crippen LogP contribution in [0, 0.1) is 5.82 Å². The largest absolute Gasteiger partial charge is 0.367 e. The number of unbranched alkanes of at least 4 members (excludes halogenated alkanes) is 1. The fourth-order valence-corrected chi connectivity index (χ4v) is 3.79. The molecular weight excluding hydrogens is 500 g/mol. The van der Waals surface area contributed by atoms with Gasteiger partial charge >= 0.3 is 0 Å². The van der Waals surface area contributed by atoms with Crippen molar-refractivity contribution >= 4 is 47.4 Å². The van der Waals surface area contributed by atoms with Crippen molar-refractivity contribution in [2.75, 3.05) is 62.7 Å².